The van der Waals surface area contributed by atoms with E-state index in [9.17, 15) is 8.42 Å². The van der Waals surface area contributed by atoms with Gasteiger partial charge in [-0.2, -0.15) is 0 Å². The summed E-state index contributed by atoms with van der Waals surface area (Å²) in [7, 11) is -3.70. The molecule has 0 unspecified atom stereocenters. The molecule has 0 saturated heterocycles. The van der Waals surface area contributed by atoms with E-state index in [2.05, 4.69) is 4.72 Å². The first-order chi connectivity index (χ1) is 11.4. The first kappa shape index (κ1) is 18.8. The molecule has 6 heteroatoms. The Bertz CT molecular complexity index is 763. The number of aryl methyl sites for hydroxylation is 1. The van der Waals surface area contributed by atoms with Crippen LogP contribution in [0.3, 0.4) is 0 Å². The van der Waals surface area contributed by atoms with Crippen molar-refractivity contribution in [3.8, 4) is 5.75 Å². The second-order valence-corrected chi connectivity index (χ2v) is 7.69. The van der Waals surface area contributed by atoms with E-state index in [1.165, 1.54) is 11.6 Å². The van der Waals surface area contributed by atoms with Crippen molar-refractivity contribution in [2.24, 2.45) is 0 Å². The molecule has 0 bridgehead atoms. The number of hydrogen-bond donors (Lipinski definition) is 1. The summed E-state index contributed by atoms with van der Waals surface area (Å²) in [5.74, 6) is 0.310. The van der Waals surface area contributed by atoms with E-state index in [-0.39, 0.29) is 10.9 Å². The zero-order chi connectivity index (χ0) is 17.6. The highest BCUT2D eigenvalue weighted by molar-refractivity contribution is 7.89. The third kappa shape index (κ3) is 5.23. The zero-order valence-corrected chi connectivity index (χ0v) is 15.4. The molecule has 24 heavy (non-hydrogen) atoms. The van der Waals surface area contributed by atoms with Gasteiger partial charge in [0.05, 0.1) is 6.61 Å². The largest absolute Gasteiger partial charge is 0.492 e. The fourth-order valence-corrected chi connectivity index (χ4v) is 4.07. The second-order valence-electron chi connectivity index (χ2n) is 5.57. The van der Waals surface area contributed by atoms with Crippen molar-refractivity contribution in [3.05, 3.63) is 59.1 Å². The standard InChI is InChI=1S/C18H22ClNO3S/c1-3-23-17-12-11-16(19)13-18(17)24(21,22)20-14(2)9-10-15-7-5-4-6-8-15/h4-8,11-14,20H,3,9-10H2,1-2H3/t14-/m0/s1. The number of nitrogens with one attached hydrogen (secondary N) is 1. The number of rotatable bonds is 8. The van der Waals surface area contributed by atoms with Crippen LogP contribution in [0, 0.1) is 0 Å². The first-order valence-corrected chi connectivity index (χ1v) is 9.77. The van der Waals surface area contributed by atoms with Gasteiger partial charge < -0.3 is 4.74 Å². The summed E-state index contributed by atoms with van der Waals surface area (Å²) in [5, 5.41) is 0.357. The van der Waals surface area contributed by atoms with Crippen LogP contribution in [0.4, 0.5) is 0 Å². The van der Waals surface area contributed by atoms with Crippen LogP contribution in [0.1, 0.15) is 25.8 Å². The Balaban J connectivity index is 2.09. The fraction of sp³-hybridized carbons (Fsp3) is 0.333. The number of ether oxygens (including phenoxy) is 1. The van der Waals surface area contributed by atoms with Gasteiger partial charge in [0.2, 0.25) is 10.0 Å². The maximum absolute atomic E-state index is 12.7. The van der Waals surface area contributed by atoms with Crippen LogP contribution < -0.4 is 9.46 Å². The summed E-state index contributed by atoms with van der Waals surface area (Å²) in [5.41, 5.74) is 1.18. The Morgan fingerprint density at radius 3 is 2.54 bits per heavy atom. The lowest BCUT2D eigenvalue weighted by Gasteiger charge is -2.16. The van der Waals surface area contributed by atoms with Crippen LogP contribution in [0.15, 0.2) is 53.4 Å². The molecule has 0 aliphatic rings. The normalized spacial score (nSPS) is 12.8. The molecule has 0 radical (unpaired) electrons. The molecule has 1 N–H and O–H groups in total. The average Bonchev–Trinajstić information content (AvgIpc) is 2.55. The van der Waals surface area contributed by atoms with E-state index in [1.54, 1.807) is 19.1 Å². The van der Waals surface area contributed by atoms with E-state index >= 15 is 0 Å². The molecule has 1 atom stereocenters. The van der Waals surface area contributed by atoms with Gasteiger partial charge in [-0.3, -0.25) is 0 Å². The van der Waals surface area contributed by atoms with E-state index in [1.807, 2.05) is 37.3 Å². The minimum absolute atomic E-state index is 0.0726. The molecule has 0 amide bonds. The molecule has 0 aliphatic heterocycles. The third-order valence-electron chi connectivity index (χ3n) is 3.56. The topological polar surface area (TPSA) is 55.4 Å². The van der Waals surface area contributed by atoms with Gasteiger partial charge >= 0.3 is 0 Å². The summed E-state index contributed by atoms with van der Waals surface area (Å²) in [4.78, 5) is 0.0726. The molecule has 0 aliphatic carbocycles. The molecule has 0 saturated carbocycles. The van der Waals surface area contributed by atoms with Gasteiger partial charge in [0.1, 0.15) is 10.6 Å². The molecule has 2 rings (SSSR count). The summed E-state index contributed by atoms with van der Waals surface area (Å²) >= 11 is 5.95. The van der Waals surface area contributed by atoms with Crippen molar-refractivity contribution in [1.29, 1.82) is 0 Å². The van der Waals surface area contributed by atoms with Crippen LogP contribution in [-0.2, 0) is 16.4 Å². The molecule has 2 aromatic carbocycles. The van der Waals surface area contributed by atoms with Crippen molar-refractivity contribution in [1.82, 2.24) is 4.72 Å². The Morgan fingerprint density at radius 2 is 1.88 bits per heavy atom. The minimum atomic E-state index is -3.70. The van der Waals surface area contributed by atoms with Crippen molar-refractivity contribution in [3.63, 3.8) is 0 Å². The average molecular weight is 368 g/mol. The maximum Gasteiger partial charge on any atom is 0.244 e. The van der Waals surface area contributed by atoms with Crippen molar-refractivity contribution in [2.75, 3.05) is 6.61 Å². The highest BCUT2D eigenvalue weighted by atomic mass is 35.5. The SMILES string of the molecule is CCOc1ccc(Cl)cc1S(=O)(=O)N[C@@H](C)CCc1ccccc1. The van der Waals surface area contributed by atoms with E-state index < -0.39 is 10.0 Å². The summed E-state index contributed by atoms with van der Waals surface area (Å²) in [6, 6.07) is 14.4. The monoisotopic (exact) mass is 367 g/mol. The predicted molar refractivity (Wildman–Crippen MR) is 97.2 cm³/mol. The number of sulfonamides is 1. The van der Waals surface area contributed by atoms with Gasteiger partial charge in [-0.1, -0.05) is 41.9 Å². The molecule has 130 valence electrons. The van der Waals surface area contributed by atoms with Gasteiger partial charge in [0.15, 0.2) is 0 Å². The zero-order valence-electron chi connectivity index (χ0n) is 13.8. The van der Waals surface area contributed by atoms with Crippen LogP contribution in [0.5, 0.6) is 5.75 Å². The highest BCUT2D eigenvalue weighted by Crippen LogP contribution is 2.27. The second kappa shape index (κ2) is 8.51. The fourth-order valence-electron chi connectivity index (χ4n) is 2.38. The number of benzene rings is 2. The van der Waals surface area contributed by atoms with Crippen molar-refractivity contribution in [2.45, 2.75) is 37.6 Å². The van der Waals surface area contributed by atoms with Gasteiger partial charge in [-0.25, -0.2) is 13.1 Å². The van der Waals surface area contributed by atoms with Crippen LogP contribution in [-0.4, -0.2) is 21.1 Å². The van der Waals surface area contributed by atoms with Crippen molar-refractivity contribution < 1.29 is 13.2 Å². The van der Waals surface area contributed by atoms with E-state index in [4.69, 9.17) is 16.3 Å². The Labute approximate surface area is 148 Å². The molecule has 4 nitrogen and oxygen atoms in total. The lowest BCUT2D eigenvalue weighted by molar-refractivity contribution is 0.331. The quantitative estimate of drug-likeness (QED) is 0.766. The molecule has 0 spiro atoms. The minimum Gasteiger partial charge on any atom is -0.492 e. The Hall–Kier alpha value is -1.56. The highest BCUT2D eigenvalue weighted by Gasteiger charge is 2.22. The molecular weight excluding hydrogens is 346 g/mol. The van der Waals surface area contributed by atoms with Gasteiger partial charge in [-0.15, -0.1) is 0 Å². The first-order valence-electron chi connectivity index (χ1n) is 7.91. The number of halogens is 1. The summed E-state index contributed by atoms with van der Waals surface area (Å²) in [6.45, 7) is 4.04. The molecule has 0 fully saturated rings. The van der Waals surface area contributed by atoms with E-state index in [0.717, 1.165) is 6.42 Å². The molecule has 0 heterocycles. The lowest BCUT2D eigenvalue weighted by Crippen LogP contribution is -2.33. The van der Waals surface area contributed by atoms with Gasteiger partial charge in [-0.05, 0) is 50.5 Å². The van der Waals surface area contributed by atoms with E-state index in [0.29, 0.717) is 23.8 Å². The molecule has 0 aromatic heterocycles. The summed E-state index contributed by atoms with van der Waals surface area (Å²) < 4.78 is 33.4. The van der Waals surface area contributed by atoms with Crippen LogP contribution >= 0.6 is 11.6 Å². The maximum atomic E-state index is 12.7. The van der Waals surface area contributed by atoms with Crippen molar-refractivity contribution >= 4 is 21.6 Å². The van der Waals surface area contributed by atoms with Crippen LogP contribution in [0.2, 0.25) is 5.02 Å². The lowest BCUT2D eigenvalue weighted by atomic mass is 10.1. The summed E-state index contributed by atoms with van der Waals surface area (Å²) in [6.07, 6.45) is 1.51. The Morgan fingerprint density at radius 1 is 1.17 bits per heavy atom. The van der Waals surface area contributed by atoms with Crippen LogP contribution in [0.25, 0.3) is 0 Å². The number of hydrogen-bond acceptors (Lipinski definition) is 3. The predicted octanol–water partition coefficient (Wildman–Crippen LogP) is 4.04. The molecule has 2 aromatic rings. The smallest absolute Gasteiger partial charge is 0.244 e. The molecular formula is C18H22ClNO3S. The Kier molecular flexibility index (Phi) is 6.66. The van der Waals surface area contributed by atoms with Gasteiger partial charge in [0.25, 0.3) is 0 Å². The van der Waals surface area contributed by atoms with Gasteiger partial charge in [0, 0.05) is 11.1 Å². The third-order valence-corrected chi connectivity index (χ3v) is 5.41.